The lowest BCUT2D eigenvalue weighted by molar-refractivity contribution is -0.150. The molecule has 134 valence electrons. The van der Waals surface area contributed by atoms with Gasteiger partial charge >= 0.3 is 5.97 Å². The van der Waals surface area contributed by atoms with Crippen molar-refractivity contribution in [2.45, 2.75) is 20.0 Å². The third kappa shape index (κ3) is 3.73. The van der Waals surface area contributed by atoms with Crippen LogP contribution in [0.1, 0.15) is 29.8 Å². The molecule has 0 saturated heterocycles. The van der Waals surface area contributed by atoms with Gasteiger partial charge in [0.05, 0.1) is 12.2 Å². The van der Waals surface area contributed by atoms with Gasteiger partial charge in [-0.1, -0.05) is 29.8 Å². The van der Waals surface area contributed by atoms with Crippen LogP contribution in [0.3, 0.4) is 0 Å². The Hall–Kier alpha value is -2.79. The van der Waals surface area contributed by atoms with Crippen molar-refractivity contribution in [3.05, 3.63) is 64.4 Å². The van der Waals surface area contributed by atoms with Crippen LogP contribution in [-0.2, 0) is 9.53 Å². The molecule has 1 heterocycles. The molecule has 0 aliphatic carbocycles. The lowest BCUT2D eigenvalue weighted by Crippen LogP contribution is -2.26. The fourth-order valence-corrected chi connectivity index (χ4v) is 2.68. The summed E-state index contributed by atoms with van der Waals surface area (Å²) in [6.07, 6.45) is 0.843. The van der Waals surface area contributed by atoms with E-state index in [4.69, 9.17) is 25.8 Å². The number of benzene rings is 2. The number of esters is 1. The van der Waals surface area contributed by atoms with Crippen LogP contribution >= 0.6 is 11.6 Å². The standard InChI is InChI=1S/C20H17ClO5/c1-3-24-20(23)12(2)25-14-8-9-15-17(11-14)26-18(19(15)22)10-13-6-4-5-7-16(13)21/h4-12H,3H2,1-2H3. The first kappa shape index (κ1) is 18.0. The molecule has 1 unspecified atom stereocenters. The Morgan fingerprint density at radius 3 is 2.77 bits per heavy atom. The molecule has 26 heavy (non-hydrogen) atoms. The number of fused-ring (bicyclic) bond motifs is 1. The van der Waals surface area contributed by atoms with Crippen molar-refractivity contribution in [3.8, 4) is 11.5 Å². The van der Waals surface area contributed by atoms with E-state index in [-0.39, 0.29) is 18.1 Å². The molecule has 2 aromatic carbocycles. The van der Waals surface area contributed by atoms with Crippen LogP contribution in [0.25, 0.3) is 6.08 Å². The maximum Gasteiger partial charge on any atom is 0.347 e. The van der Waals surface area contributed by atoms with Crippen molar-refractivity contribution < 1.29 is 23.8 Å². The van der Waals surface area contributed by atoms with Crippen LogP contribution in [0.15, 0.2) is 48.2 Å². The van der Waals surface area contributed by atoms with Crippen LogP contribution in [-0.4, -0.2) is 24.5 Å². The zero-order valence-electron chi connectivity index (χ0n) is 14.3. The molecular weight excluding hydrogens is 356 g/mol. The Morgan fingerprint density at radius 2 is 2.04 bits per heavy atom. The van der Waals surface area contributed by atoms with Crippen molar-refractivity contribution in [1.82, 2.24) is 0 Å². The number of halogens is 1. The highest BCUT2D eigenvalue weighted by molar-refractivity contribution is 6.32. The van der Waals surface area contributed by atoms with Crippen LogP contribution < -0.4 is 9.47 Å². The van der Waals surface area contributed by atoms with E-state index in [1.807, 2.05) is 12.1 Å². The number of carbonyl (C=O) groups is 2. The van der Waals surface area contributed by atoms with Gasteiger partial charge in [-0.05, 0) is 43.7 Å². The minimum Gasteiger partial charge on any atom is -0.479 e. The van der Waals surface area contributed by atoms with Crippen molar-refractivity contribution >= 4 is 29.4 Å². The molecule has 0 saturated carbocycles. The molecule has 0 bridgehead atoms. The number of allylic oxidation sites excluding steroid dienone is 1. The molecule has 0 N–H and O–H groups in total. The van der Waals surface area contributed by atoms with Gasteiger partial charge in [0.1, 0.15) is 11.5 Å². The number of ether oxygens (including phenoxy) is 3. The highest BCUT2D eigenvalue weighted by Crippen LogP contribution is 2.35. The van der Waals surface area contributed by atoms with E-state index >= 15 is 0 Å². The van der Waals surface area contributed by atoms with Gasteiger partial charge in [-0.2, -0.15) is 0 Å². The van der Waals surface area contributed by atoms with E-state index in [0.29, 0.717) is 27.6 Å². The van der Waals surface area contributed by atoms with E-state index in [1.54, 1.807) is 50.3 Å². The Balaban J connectivity index is 1.80. The molecule has 0 amide bonds. The van der Waals surface area contributed by atoms with Gasteiger partial charge in [-0.3, -0.25) is 4.79 Å². The molecule has 0 spiro atoms. The second kappa shape index (κ2) is 7.62. The molecule has 2 aromatic rings. The molecule has 1 atom stereocenters. The average Bonchev–Trinajstić information content (AvgIpc) is 2.92. The maximum atomic E-state index is 12.5. The van der Waals surface area contributed by atoms with Crippen molar-refractivity contribution in [2.24, 2.45) is 0 Å². The summed E-state index contributed by atoms with van der Waals surface area (Å²) >= 11 is 6.12. The van der Waals surface area contributed by atoms with Crippen molar-refractivity contribution in [1.29, 1.82) is 0 Å². The summed E-state index contributed by atoms with van der Waals surface area (Å²) in [4.78, 5) is 24.2. The Labute approximate surface area is 156 Å². The van der Waals surface area contributed by atoms with Gasteiger partial charge in [0, 0.05) is 11.1 Å². The number of carbonyl (C=O) groups excluding carboxylic acids is 2. The van der Waals surface area contributed by atoms with Gasteiger partial charge in [-0.15, -0.1) is 0 Å². The first-order valence-corrected chi connectivity index (χ1v) is 8.53. The van der Waals surface area contributed by atoms with Gasteiger partial charge < -0.3 is 14.2 Å². The first-order chi connectivity index (χ1) is 12.5. The minimum absolute atomic E-state index is 0.184. The minimum atomic E-state index is -0.761. The predicted octanol–water partition coefficient (Wildman–Crippen LogP) is 4.29. The topological polar surface area (TPSA) is 61.8 Å². The van der Waals surface area contributed by atoms with E-state index < -0.39 is 12.1 Å². The molecule has 0 fully saturated rings. The van der Waals surface area contributed by atoms with Crippen LogP contribution in [0.5, 0.6) is 11.5 Å². The van der Waals surface area contributed by atoms with E-state index in [1.165, 1.54) is 0 Å². The van der Waals surface area contributed by atoms with Gasteiger partial charge in [0.25, 0.3) is 0 Å². The number of hydrogen-bond donors (Lipinski definition) is 0. The number of ketones is 1. The summed E-state index contributed by atoms with van der Waals surface area (Å²) in [5, 5.41) is 0.527. The SMILES string of the molecule is CCOC(=O)C(C)Oc1ccc2c(c1)OC(=Cc1ccccc1Cl)C2=O. The van der Waals surface area contributed by atoms with E-state index in [9.17, 15) is 9.59 Å². The summed E-state index contributed by atoms with van der Waals surface area (Å²) in [7, 11) is 0. The molecule has 0 radical (unpaired) electrons. The molecular formula is C20H17ClO5. The molecule has 1 aliphatic heterocycles. The molecule has 5 nitrogen and oxygen atoms in total. The summed E-state index contributed by atoms with van der Waals surface area (Å²) in [5.74, 6) is 0.288. The van der Waals surface area contributed by atoms with Crippen molar-refractivity contribution in [2.75, 3.05) is 6.61 Å². The lowest BCUT2D eigenvalue weighted by Gasteiger charge is -2.13. The lowest BCUT2D eigenvalue weighted by atomic mass is 10.1. The van der Waals surface area contributed by atoms with Crippen LogP contribution in [0.4, 0.5) is 0 Å². The summed E-state index contributed by atoms with van der Waals surface area (Å²) in [6.45, 7) is 3.61. The molecule has 1 aliphatic rings. The smallest absolute Gasteiger partial charge is 0.347 e. The summed E-state index contributed by atoms with van der Waals surface area (Å²) < 4.78 is 16.1. The van der Waals surface area contributed by atoms with E-state index in [0.717, 1.165) is 0 Å². The first-order valence-electron chi connectivity index (χ1n) is 8.15. The third-order valence-electron chi connectivity index (χ3n) is 3.76. The van der Waals surface area contributed by atoms with Crippen molar-refractivity contribution in [3.63, 3.8) is 0 Å². The normalized spacial score (nSPS) is 15.3. The second-order valence-electron chi connectivity index (χ2n) is 5.63. The predicted molar refractivity (Wildman–Crippen MR) is 97.6 cm³/mol. The maximum absolute atomic E-state index is 12.5. The fourth-order valence-electron chi connectivity index (χ4n) is 2.49. The van der Waals surface area contributed by atoms with Crippen LogP contribution in [0, 0.1) is 0 Å². The summed E-state index contributed by atoms with van der Waals surface area (Å²) in [6, 6.07) is 12.0. The Kier molecular flexibility index (Phi) is 5.28. The van der Waals surface area contributed by atoms with Gasteiger partial charge in [0.15, 0.2) is 11.9 Å². The second-order valence-corrected chi connectivity index (χ2v) is 6.04. The number of Topliss-reactive ketones (excluding diaryl/α,β-unsaturated/α-hetero) is 1. The number of rotatable bonds is 5. The summed E-state index contributed by atoms with van der Waals surface area (Å²) in [5.41, 5.74) is 1.12. The van der Waals surface area contributed by atoms with Crippen LogP contribution in [0.2, 0.25) is 5.02 Å². The highest BCUT2D eigenvalue weighted by Gasteiger charge is 2.28. The largest absolute Gasteiger partial charge is 0.479 e. The Bertz CT molecular complexity index is 888. The monoisotopic (exact) mass is 372 g/mol. The average molecular weight is 373 g/mol. The molecule has 6 heteroatoms. The third-order valence-corrected chi connectivity index (χ3v) is 4.11. The Morgan fingerprint density at radius 1 is 1.27 bits per heavy atom. The fraction of sp³-hybridized carbons (Fsp3) is 0.200. The van der Waals surface area contributed by atoms with E-state index in [2.05, 4.69) is 0 Å². The molecule has 3 rings (SSSR count). The number of hydrogen-bond acceptors (Lipinski definition) is 5. The molecule has 0 aromatic heterocycles. The quantitative estimate of drug-likeness (QED) is 0.579. The highest BCUT2D eigenvalue weighted by atomic mass is 35.5. The van der Waals surface area contributed by atoms with Gasteiger partial charge in [-0.25, -0.2) is 4.79 Å². The zero-order chi connectivity index (χ0) is 18.7. The zero-order valence-corrected chi connectivity index (χ0v) is 15.1. The van der Waals surface area contributed by atoms with Gasteiger partial charge in [0.2, 0.25) is 5.78 Å².